The monoisotopic (exact) mass is 371 g/mol. The molecule has 2 rings (SSSR count). The first-order valence-corrected chi connectivity index (χ1v) is 8.80. The highest BCUT2D eigenvalue weighted by atomic mass is 79.9. The number of benzene rings is 2. The van der Waals surface area contributed by atoms with Gasteiger partial charge in [-0.1, -0.05) is 40.2 Å². The lowest BCUT2D eigenvalue weighted by atomic mass is 10.1. The van der Waals surface area contributed by atoms with Crippen LogP contribution in [-0.2, 0) is 15.8 Å². The molecule has 0 radical (unpaired) electrons. The van der Waals surface area contributed by atoms with E-state index in [0.29, 0.717) is 5.56 Å². The minimum atomic E-state index is -3.46. The normalized spacial score (nSPS) is 13.1. The van der Waals surface area contributed by atoms with Gasteiger partial charge in [-0.05, 0) is 42.3 Å². The molecule has 1 unspecified atom stereocenters. The minimum absolute atomic E-state index is 0.0915. The minimum Gasteiger partial charge on any atom is -0.212 e. The molecular formula is C15H15BrFNO2S. The first-order chi connectivity index (χ1) is 9.85. The zero-order valence-electron chi connectivity index (χ0n) is 11.4. The number of nitrogens with one attached hydrogen (secondary N) is 1. The maximum Gasteiger partial charge on any atom is 0.216 e. The van der Waals surface area contributed by atoms with Crippen LogP contribution in [0.3, 0.4) is 0 Å². The molecule has 1 atom stereocenters. The van der Waals surface area contributed by atoms with E-state index in [0.717, 1.165) is 10.0 Å². The topological polar surface area (TPSA) is 46.2 Å². The van der Waals surface area contributed by atoms with Gasteiger partial charge in [0.1, 0.15) is 5.82 Å². The zero-order valence-corrected chi connectivity index (χ0v) is 13.8. The largest absolute Gasteiger partial charge is 0.216 e. The fourth-order valence-electron chi connectivity index (χ4n) is 1.93. The smallest absolute Gasteiger partial charge is 0.212 e. The van der Waals surface area contributed by atoms with Gasteiger partial charge in [-0.2, -0.15) is 0 Å². The molecule has 0 aliphatic rings. The van der Waals surface area contributed by atoms with Gasteiger partial charge in [0.15, 0.2) is 0 Å². The Morgan fingerprint density at radius 2 is 1.67 bits per heavy atom. The first kappa shape index (κ1) is 16.1. The summed E-state index contributed by atoms with van der Waals surface area (Å²) in [4.78, 5) is 0. The summed E-state index contributed by atoms with van der Waals surface area (Å²) >= 11 is 3.31. The average molecular weight is 372 g/mol. The standard InChI is InChI=1S/C15H15BrFNO2S/c1-11(13-4-8-15(17)9-5-13)18-21(19,20)10-12-2-6-14(16)7-3-12/h2-9,11,18H,10H2,1H3. The van der Waals surface area contributed by atoms with Gasteiger partial charge >= 0.3 is 0 Å². The van der Waals surface area contributed by atoms with Crippen molar-refractivity contribution in [2.45, 2.75) is 18.7 Å². The molecule has 0 amide bonds. The molecule has 0 bridgehead atoms. The van der Waals surface area contributed by atoms with Gasteiger partial charge in [-0.3, -0.25) is 0 Å². The summed E-state index contributed by atoms with van der Waals surface area (Å²) in [5.74, 6) is -0.435. The molecule has 0 spiro atoms. The fraction of sp³-hybridized carbons (Fsp3) is 0.200. The van der Waals surface area contributed by atoms with Gasteiger partial charge in [0.05, 0.1) is 5.75 Å². The van der Waals surface area contributed by atoms with Gasteiger partial charge in [0.2, 0.25) is 10.0 Å². The van der Waals surface area contributed by atoms with Gasteiger partial charge < -0.3 is 0 Å². The van der Waals surface area contributed by atoms with Crippen molar-refractivity contribution in [3.8, 4) is 0 Å². The third-order valence-electron chi connectivity index (χ3n) is 3.00. The molecule has 0 fully saturated rings. The van der Waals surface area contributed by atoms with Crippen LogP contribution in [0.5, 0.6) is 0 Å². The predicted octanol–water partition coefficient (Wildman–Crippen LogP) is 3.77. The molecule has 112 valence electrons. The molecule has 0 heterocycles. The van der Waals surface area contributed by atoms with E-state index in [2.05, 4.69) is 20.7 Å². The SMILES string of the molecule is CC(NS(=O)(=O)Cc1ccc(Br)cc1)c1ccc(F)cc1. The second-order valence-corrected chi connectivity index (χ2v) is 7.45. The molecule has 6 heteroatoms. The van der Waals surface area contributed by atoms with Crippen molar-refractivity contribution in [3.05, 3.63) is 69.9 Å². The van der Waals surface area contributed by atoms with E-state index in [1.807, 2.05) is 0 Å². The zero-order chi connectivity index (χ0) is 15.5. The number of rotatable bonds is 5. The van der Waals surface area contributed by atoms with Crippen LogP contribution in [0.2, 0.25) is 0 Å². The molecule has 0 aliphatic heterocycles. The fourth-order valence-corrected chi connectivity index (χ4v) is 3.58. The number of hydrogen-bond donors (Lipinski definition) is 1. The van der Waals surface area contributed by atoms with Gasteiger partial charge in [-0.25, -0.2) is 17.5 Å². The Kier molecular flexibility index (Phi) is 5.13. The van der Waals surface area contributed by atoms with E-state index in [1.54, 1.807) is 43.3 Å². The van der Waals surface area contributed by atoms with Gasteiger partial charge in [0, 0.05) is 10.5 Å². The van der Waals surface area contributed by atoms with E-state index in [9.17, 15) is 12.8 Å². The Bertz CT molecular complexity index is 699. The van der Waals surface area contributed by atoms with Gasteiger partial charge in [-0.15, -0.1) is 0 Å². The van der Waals surface area contributed by atoms with Crippen molar-refractivity contribution in [3.63, 3.8) is 0 Å². The van der Waals surface area contributed by atoms with Crippen molar-refractivity contribution in [2.24, 2.45) is 0 Å². The first-order valence-electron chi connectivity index (χ1n) is 6.36. The van der Waals surface area contributed by atoms with Crippen LogP contribution in [0.15, 0.2) is 53.0 Å². The molecule has 3 nitrogen and oxygen atoms in total. The van der Waals surface area contributed by atoms with Crippen LogP contribution < -0.4 is 4.72 Å². The van der Waals surface area contributed by atoms with Crippen LogP contribution in [0.25, 0.3) is 0 Å². The molecule has 0 saturated carbocycles. The Morgan fingerprint density at radius 3 is 2.24 bits per heavy atom. The maximum atomic E-state index is 12.9. The molecule has 2 aromatic rings. The molecule has 0 aromatic heterocycles. The van der Waals surface area contributed by atoms with Crippen molar-refractivity contribution in [1.82, 2.24) is 4.72 Å². The third-order valence-corrected chi connectivity index (χ3v) is 4.95. The summed E-state index contributed by atoms with van der Waals surface area (Å²) in [6, 6.07) is 12.5. The molecule has 21 heavy (non-hydrogen) atoms. The highest BCUT2D eigenvalue weighted by Crippen LogP contribution is 2.16. The quantitative estimate of drug-likeness (QED) is 0.869. The highest BCUT2D eigenvalue weighted by Gasteiger charge is 2.16. The van der Waals surface area contributed by atoms with Crippen LogP contribution in [0.1, 0.15) is 24.1 Å². The molecule has 1 N–H and O–H groups in total. The Balaban J connectivity index is 2.06. The average Bonchev–Trinajstić information content (AvgIpc) is 2.41. The second-order valence-electron chi connectivity index (χ2n) is 4.78. The highest BCUT2D eigenvalue weighted by molar-refractivity contribution is 9.10. The van der Waals surface area contributed by atoms with Crippen molar-refractivity contribution in [1.29, 1.82) is 0 Å². The van der Waals surface area contributed by atoms with Crippen LogP contribution in [0, 0.1) is 5.82 Å². The lowest BCUT2D eigenvalue weighted by Crippen LogP contribution is -2.28. The molecule has 2 aromatic carbocycles. The number of sulfonamides is 1. The summed E-state index contributed by atoms with van der Waals surface area (Å²) in [6.45, 7) is 1.73. The summed E-state index contributed by atoms with van der Waals surface area (Å²) in [7, 11) is -3.46. The summed E-state index contributed by atoms with van der Waals surface area (Å²) < 4.78 is 40.6. The molecular weight excluding hydrogens is 357 g/mol. The maximum absolute atomic E-state index is 12.9. The molecule has 0 aliphatic carbocycles. The van der Waals surface area contributed by atoms with E-state index in [1.165, 1.54) is 12.1 Å². The number of halogens is 2. The third kappa shape index (κ3) is 4.91. The summed E-state index contributed by atoms with van der Waals surface area (Å²) in [5.41, 5.74) is 1.42. The van der Waals surface area contributed by atoms with E-state index in [4.69, 9.17) is 0 Å². The Hall–Kier alpha value is -1.24. The van der Waals surface area contributed by atoms with Crippen molar-refractivity contribution in [2.75, 3.05) is 0 Å². The Morgan fingerprint density at radius 1 is 1.10 bits per heavy atom. The lowest BCUT2D eigenvalue weighted by molar-refractivity contribution is 0.565. The van der Waals surface area contributed by atoms with Gasteiger partial charge in [0.25, 0.3) is 0 Å². The van der Waals surface area contributed by atoms with Crippen LogP contribution >= 0.6 is 15.9 Å². The number of hydrogen-bond acceptors (Lipinski definition) is 2. The van der Waals surface area contributed by atoms with Crippen LogP contribution in [-0.4, -0.2) is 8.42 Å². The van der Waals surface area contributed by atoms with Crippen LogP contribution in [0.4, 0.5) is 4.39 Å². The predicted molar refractivity (Wildman–Crippen MR) is 84.7 cm³/mol. The molecule has 0 saturated heterocycles. The van der Waals surface area contributed by atoms with E-state index < -0.39 is 16.1 Å². The van der Waals surface area contributed by atoms with E-state index in [-0.39, 0.29) is 11.6 Å². The lowest BCUT2D eigenvalue weighted by Gasteiger charge is -2.14. The van der Waals surface area contributed by atoms with Crippen molar-refractivity contribution >= 4 is 26.0 Å². The summed E-state index contributed by atoms with van der Waals surface area (Å²) in [6.07, 6.45) is 0. The Labute approximate surface area is 132 Å². The van der Waals surface area contributed by atoms with E-state index >= 15 is 0 Å². The van der Waals surface area contributed by atoms with Crippen molar-refractivity contribution < 1.29 is 12.8 Å². The summed E-state index contributed by atoms with van der Waals surface area (Å²) in [5, 5.41) is 0. The second kappa shape index (κ2) is 6.68.